The number of hydrogen-bond donors (Lipinski definition) is 1. The van der Waals surface area contributed by atoms with Crippen LogP contribution in [0, 0.1) is 24.6 Å². The topological polar surface area (TPSA) is 36.1 Å². The van der Waals surface area contributed by atoms with Crippen LogP contribution in [0.3, 0.4) is 0 Å². The second kappa shape index (κ2) is 8.49. The van der Waals surface area contributed by atoms with E-state index in [0.717, 1.165) is 50.2 Å². The van der Waals surface area contributed by atoms with Crippen molar-refractivity contribution in [3.8, 4) is 0 Å². The van der Waals surface area contributed by atoms with Gasteiger partial charge in [-0.05, 0) is 81.4 Å². The molecule has 0 spiro atoms. The van der Waals surface area contributed by atoms with Gasteiger partial charge < -0.3 is 9.88 Å². The predicted octanol–water partition coefficient (Wildman–Crippen LogP) is 4.90. The Hall–Kier alpha value is -1.85. The third-order valence-electron chi connectivity index (χ3n) is 6.68. The van der Waals surface area contributed by atoms with Crippen molar-refractivity contribution < 1.29 is 9.18 Å². The summed E-state index contributed by atoms with van der Waals surface area (Å²) in [6.45, 7) is 7.36. The van der Waals surface area contributed by atoms with Crippen LogP contribution >= 0.6 is 12.2 Å². The van der Waals surface area contributed by atoms with Gasteiger partial charge in [0.2, 0.25) is 0 Å². The fraction of sp³-hybridized carbons (Fsp3) is 0.500. The van der Waals surface area contributed by atoms with E-state index in [1.165, 1.54) is 34.6 Å². The van der Waals surface area contributed by atoms with E-state index in [-0.39, 0.29) is 11.6 Å². The average molecular weight is 413 g/mol. The number of carbonyl (C=O) groups is 1. The van der Waals surface area contributed by atoms with Gasteiger partial charge in [0.05, 0.1) is 0 Å². The maximum absolute atomic E-state index is 13.0. The van der Waals surface area contributed by atoms with E-state index in [0.29, 0.717) is 23.8 Å². The minimum Gasteiger partial charge on any atom is -0.362 e. The lowest BCUT2D eigenvalue weighted by molar-refractivity contribution is 0.0965. The van der Waals surface area contributed by atoms with E-state index in [1.807, 2.05) is 0 Å². The Morgan fingerprint density at radius 3 is 2.79 bits per heavy atom. The number of fused-ring (bicyclic) bond motifs is 2. The quantitative estimate of drug-likeness (QED) is 0.541. The van der Waals surface area contributed by atoms with Gasteiger partial charge in [0.1, 0.15) is 5.82 Å². The van der Waals surface area contributed by atoms with E-state index in [9.17, 15) is 9.18 Å². The van der Waals surface area contributed by atoms with Crippen LogP contribution in [-0.2, 0) is 12.8 Å². The molecule has 154 valence electrons. The van der Waals surface area contributed by atoms with E-state index >= 15 is 0 Å². The number of piperidine rings is 1. The summed E-state index contributed by atoms with van der Waals surface area (Å²) in [5.74, 6) is 0.863. The smallest absolute Gasteiger partial charge is 0.162 e. The number of aromatic nitrogens is 1. The molecule has 1 aliphatic carbocycles. The number of nitrogens with zero attached hydrogens (tertiary/aromatic N) is 1. The highest BCUT2D eigenvalue weighted by atomic mass is 32.1. The summed E-state index contributed by atoms with van der Waals surface area (Å²) in [7, 11) is 0. The third kappa shape index (κ3) is 4.08. The monoisotopic (exact) mass is 412 g/mol. The zero-order valence-electron chi connectivity index (χ0n) is 17.3. The van der Waals surface area contributed by atoms with Crippen molar-refractivity contribution in [1.29, 1.82) is 0 Å². The Bertz CT molecular complexity index is 918. The number of hydrogen-bond acceptors (Lipinski definition) is 3. The van der Waals surface area contributed by atoms with Crippen molar-refractivity contribution in [3.05, 3.63) is 58.2 Å². The highest BCUT2D eigenvalue weighted by Crippen LogP contribution is 2.38. The highest BCUT2D eigenvalue weighted by molar-refractivity contribution is 7.80. The Morgan fingerprint density at radius 2 is 2.07 bits per heavy atom. The van der Waals surface area contributed by atoms with E-state index in [4.69, 9.17) is 12.2 Å². The zero-order chi connectivity index (χ0) is 20.5. The maximum Gasteiger partial charge on any atom is 0.162 e. The number of Topliss-reactive ketones (excluding diaryl/α,β-unsaturated/α-hetero) is 1. The molecule has 0 amide bonds. The molecule has 2 heterocycles. The molecule has 1 aliphatic heterocycles. The van der Waals surface area contributed by atoms with Gasteiger partial charge in [0.15, 0.2) is 5.78 Å². The van der Waals surface area contributed by atoms with Gasteiger partial charge in [-0.15, -0.1) is 0 Å². The normalized spacial score (nSPS) is 21.7. The summed E-state index contributed by atoms with van der Waals surface area (Å²) in [4.78, 5) is 19.5. The van der Waals surface area contributed by atoms with E-state index < -0.39 is 0 Å². The molecule has 0 saturated carbocycles. The molecule has 2 unspecified atom stereocenters. The van der Waals surface area contributed by atoms with Gasteiger partial charge in [-0.2, -0.15) is 0 Å². The largest absolute Gasteiger partial charge is 0.362 e. The summed E-state index contributed by atoms with van der Waals surface area (Å²) < 4.78 is 13.0. The number of ketones is 1. The fourth-order valence-corrected chi connectivity index (χ4v) is 5.64. The number of halogens is 1. The molecule has 1 fully saturated rings. The van der Waals surface area contributed by atoms with Gasteiger partial charge in [0.25, 0.3) is 0 Å². The van der Waals surface area contributed by atoms with Gasteiger partial charge in [-0.1, -0.05) is 19.1 Å². The van der Waals surface area contributed by atoms with Crippen molar-refractivity contribution in [2.75, 3.05) is 19.6 Å². The van der Waals surface area contributed by atoms with Crippen molar-refractivity contribution in [1.82, 2.24) is 9.88 Å². The van der Waals surface area contributed by atoms with Gasteiger partial charge >= 0.3 is 0 Å². The molecular weight excluding hydrogens is 383 g/mol. The summed E-state index contributed by atoms with van der Waals surface area (Å²) in [6, 6.07) is 5.85. The molecule has 0 bridgehead atoms. The molecule has 5 heteroatoms. The van der Waals surface area contributed by atoms with Crippen LogP contribution in [0.2, 0.25) is 0 Å². The standard InChI is InChI=1S/C24H29FN2OS/c1-3-19-15(2)26-21-13-17-10-12-27(14-20(17)24(29)23(19)21)11-4-5-22(28)16-6-8-18(25)9-7-16/h6-9,17,20,26H,3-5,10-14H2,1-2H3. The first-order valence-corrected chi connectivity index (χ1v) is 11.1. The van der Waals surface area contributed by atoms with Crippen LogP contribution < -0.4 is 0 Å². The summed E-state index contributed by atoms with van der Waals surface area (Å²) in [5.41, 5.74) is 5.94. The Morgan fingerprint density at radius 1 is 1.31 bits per heavy atom. The molecular formula is C24H29FN2OS. The number of aromatic amines is 1. The van der Waals surface area contributed by atoms with Gasteiger partial charge in [-0.25, -0.2) is 4.39 Å². The molecule has 2 atom stereocenters. The number of benzene rings is 1. The van der Waals surface area contributed by atoms with Crippen molar-refractivity contribution >= 4 is 22.9 Å². The summed E-state index contributed by atoms with van der Waals surface area (Å²) >= 11 is 5.98. The van der Waals surface area contributed by atoms with Crippen LogP contribution in [0.25, 0.3) is 0 Å². The number of carbonyl (C=O) groups excluding carboxylic acids is 1. The van der Waals surface area contributed by atoms with Crippen molar-refractivity contribution in [2.24, 2.45) is 11.8 Å². The first-order valence-electron chi connectivity index (χ1n) is 10.7. The lowest BCUT2D eigenvalue weighted by Crippen LogP contribution is -2.46. The summed E-state index contributed by atoms with van der Waals surface area (Å²) in [6.07, 6.45) is 4.62. The number of nitrogens with one attached hydrogen (secondary N) is 1. The first kappa shape index (κ1) is 20.4. The molecule has 2 aliphatic rings. The Balaban J connectivity index is 1.35. The Labute approximate surface area is 177 Å². The van der Waals surface area contributed by atoms with Crippen LogP contribution in [-0.4, -0.2) is 40.2 Å². The average Bonchev–Trinajstić information content (AvgIpc) is 3.04. The first-order chi connectivity index (χ1) is 14.0. The van der Waals surface area contributed by atoms with Crippen LogP contribution in [0.4, 0.5) is 4.39 Å². The second-order valence-electron chi connectivity index (χ2n) is 8.49. The molecule has 29 heavy (non-hydrogen) atoms. The van der Waals surface area contributed by atoms with Crippen LogP contribution in [0.15, 0.2) is 24.3 Å². The lowest BCUT2D eigenvalue weighted by atomic mass is 9.73. The third-order valence-corrected chi connectivity index (χ3v) is 7.19. The molecule has 1 aromatic heterocycles. The number of thiocarbonyl (C=S) groups is 1. The van der Waals surface area contributed by atoms with Gasteiger partial charge in [-0.3, -0.25) is 4.79 Å². The maximum atomic E-state index is 13.0. The SMILES string of the molecule is CCc1c(C)[nH]c2c1C(=S)C1CN(CCCC(=O)c3ccc(F)cc3)CCC1C2. The van der Waals surface area contributed by atoms with Crippen molar-refractivity contribution in [2.45, 2.75) is 46.0 Å². The second-order valence-corrected chi connectivity index (χ2v) is 8.93. The Kier molecular flexibility index (Phi) is 5.98. The minimum atomic E-state index is -0.306. The van der Waals surface area contributed by atoms with E-state index in [1.54, 1.807) is 12.1 Å². The molecule has 3 nitrogen and oxygen atoms in total. The molecule has 4 rings (SSSR count). The van der Waals surface area contributed by atoms with Gasteiger partial charge in [0, 0.05) is 46.3 Å². The number of aryl methyl sites for hydroxylation is 1. The number of H-pyrrole nitrogens is 1. The summed E-state index contributed by atoms with van der Waals surface area (Å²) in [5, 5.41) is 0. The highest BCUT2D eigenvalue weighted by Gasteiger charge is 2.38. The van der Waals surface area contributed by atoms with Crippen molar-refractivity contribution in [3.63, 3.8) is 0 Å². The van der Waals surface area contributed by atoms with Crippen LogP contribution in [0.5, 0.6) is 0 Å². The molecule has 0 radical (unpaired) electrons. The molecule has 1 aromatic carbocycles. The predicted molar refractivity (Wildman–Crippen MR) is 118 cm³/mol. The lowest BCUT2D eigenvalue weighted by Gasteiger charge is -2.41. The fourth-order valence-electron chi connectivity index (χ4n) is 5.13. The number of rotatable bonds is 6. The van der Waals surface area contributed by atoms with E-state index in [2.05, 4.69) is 23.7 Å². The molecule has 1 N–H and O–H groups in total. The minimum absolute atomic E-state index is 0.0908. The zero-order valence-corrected chi connectivity index (χ0v) is 18.1. The number of likely N-dealkylation sites (tertiary alicyclic amines) is 1. The molecule has 1 saturated heterocycles. The van der Waals surface area contributed by atoms with Crippen LogP contribution in [0.1, 0.15) is 59.1 Å². The molecule has 2 aromatic rings.